The van der Waals surface area contributed by atoms with Crippen LogP contribution in [0.15, 0.2) is 60.7 Å². The highest BCUT2D eigenvalue weighted by atomic mass is 16.2. The zero-order valence-electron chi connectivity index (χ0n) is 14.6. The molecule has 2 aromatic rings. The van der Waals surface area contributed by atoms with Gasteiger partial charge in [0.05, 0.1) is 11.2 Å². The van der Waals surface area contributed by atoms with E-state index in [4.69, 9.17) is 0 Å². The van der Waals surface area contributed by atoms with Crippen molar-refractivity contribution in [2.45, 2.75) is 40.2 Å². The number of carbonyl (C=O) groups excluding carboxylic acids is 1. The molecule has 1 aliphatic rings. The third-order valence-corrected chi connectivity index (χ3v) is 3.94. The molecule has 1 heterocycles. The summed E-state index contributed by atoms with van der Waals surface area (Å²) in [5.41, 5.74) is 3.70. The van der Waals surface area contributed by atoms with Gasteiger partial charge in [-0.15, -0.1) is 0 Å². The van der Waals surface area contributed by atoms with E-state index in [0.29, 0.717) is 5.56 Å². The molecule has 0 saturated carbocycles. The van der Waals surface area contributed by atoms with Crippen molar-refractivity contribution < 1.29 is 4.79 Å². The van der Waals surface area contributed by atoms with Crippen LogP contribution in [0.2, 0.25) is 0 Å². The van der Waals surface area contributed by atoms with Crippen LogP contribution in [0.25, 0.3) is 5.57 Å². The Balaban J connectivity index is 0.000000924. The molecule has 3 rings (SSSR count). The molecule has 2 aromatic carbocycles. The summed E-state index contributed by atoms with van der Waals surface area (Å²) in [6.07, 6.45) is 2.16. The van der Waals surface area contributed by atoms with Crippen molar-refractivity contribution in [2.75, 3.05) is 4.90 Å². The van der Waals surface area contributed by atoms with E-state index in [2.05, 4.69) is 32.9 Å². The van der Waals surface area contributed by atoms with Crippen LogP contribution in [0.5, 0.6) is 0 Å². The summed E-state index contributed by atoms with van der Waals surface area (Å²) in [5.74, 6) is 0.0387. The van der Waals surface area contributed by atoms with E-state index in [1.54, 1.807) is 0 Å². The molecule has 0 fully saturated rings. The summed E-state index contributed by atoms with van der Waals surface area (Å²) in [5, 5.41) is 0. The van der Waals surface area contributed by atoms with E-state index in [9.17, 15) is 4.79 Å². The summed E-state index contributed by atoms with van der Waals surface area (Å²) >= 11 is 0. The van der Waals surface area contributed by atoms with Crippen LogP contribution in [-0.4, -0.2) is 11.4 Å². The first-order valence-corrected chi connectivity index (χ1v) is 8.19. The van der Waals surface area contributed by atoms with Crippen LogP contribution in [0, 0.1) is 0 Å². The number of amides is 1. The molecule has 0 bridgehead atoms. The van der Waals surface area contributed by atoms with Gasteiger partial charge in [-0.25, -0.2) is 0 Å². The summed E-state index contributed by atoms with van der Waals surface area (Å²) in [4.78, 5) is 14.9. The van der Waals surface area contributed by atoms with E-state index in [0.717, 1.165) is 11.3 Å². The SMILES string of the molecule is CC.CC1=CC(C)(C)N(C(=O)c2ccccc2)c2ccccc21. The second kappa shape index (κ2) is 6.82. The first-order valence-electron chi connectivity index (χ1n) is 8.19. The highest BCUT2D eigenvalue weighted by molar-refractivity contribution is 6.09. The van der Waals surface area contributed by atoms with Crippen LogP contribution < -0.4 is 4.90 Å². The maximum Gasteiger partial charge on any atom is 0.259 e. The highest BCUT2D eigenvalue weighted by Crippen LogP contribution is 2.39. The molecule has 1 aliphatic heterocycles. The Hall–Kier alpha value is -2.35. The molecule has 0 aromatic heterocycles. The molecular weight excluding hydrogens is 282 g/mol. The number of benzene rings is 2. The van der Waals surface area contributed by atoms with Crippen molar-refractivity contribution in [1.29, 1.82) is 0 Å². The van der Waals surface area contributed by atoms with Gasteiger partial charge in [0.1, 0.15) is 0 Å². The van der Waals surface area contributed by atoms with Crippen LogP contribution in [0.4, 0.5) is 5.69 Å². The summed E-state index contributed by atoms with van der Waals surface area (Å²) in [6, 6.07) is 17.6. The van der Waals surface area contributed by atoms with Crippen molar-refractivity contribution in [1.82, 2.24) is 0 Å². The molecular formula is C21H25NO. The molecule has 0 aliphatic carbocycles. The van der Waals surface area contributed by atoms with Crippen LogP contribution in [-0.2, 0) is 0 Å². The fraction of sp³-hybridized carbons (Fsp3) is 0.286. The number of allylic oxidation sites excluding steroid dienone is 1. The first-order chi connectivity index (χ1) is 11.0. The second-order valence-corrected chi connectivity index (χ2v) is 6.00. The zero-order valence-corrected chi connectivity index (χ0v) is 14.6. The van der Waals surface area contributed by atoms with E-state index in [-0.39, 0.29) is 11.4 Å². The van der Waals surface area contributed by atoms with Gasteiger partial charge in [0.25, 0.3) is 5.91 Å². The number of hydrogen-bond acceptors (Lipinski definition) is 1. The zero-order chi connectivity index (χ0) is 17.0. The molecule has 23 heavy (non-hydrogen) atoms. The molecule has 0 saturated heterocycles. The normalized spacial score (nSPS) is 15.0. The van der Waals surface area contributed by atoms with Gasteiger partial charge in [0, 0.05) is 11.1 Å². The van der Waals surface area contributed by atoms with E-state index < -0.39 is 0 Å². The van der Waals surface area contributed by atoms with Gasteiger partial charge in [-0.05, 0) is 44.5 Å². The lowest BCUT2D eigenvalue weighted by Gasteiger charge is -2.41. The Morgan fingerprint density at radius 2 is 1.48 bits per heavy atom. The maximum absolute atomic E-state index is 13.0. The standard InChI is InChI=1S/C19H19NO.C2H6/c1-14-13-19(2,3)20(17-12-8-7-11-16(14)17)18(21)15-9-5-4-6-10-15;1-2/h4-13H,1-3H3;1-2H3. The third-order valence-electron chi connectivity index (χ3n) is 3.94. The van der Waals surface area contributed by atoms with Gasteiger partial charge in [-0.2, -0.15) is 0 Å². The Bertz CT molecular complexity index is 714. The average Bonchev–Trinajstić information content (AvgIpc) is 2.56. The first kappa shape index (κ1) is 17.0. The second-order valence-electron chi connectivity index (χ2n) is 6.00. The van der Waals surface area contributed by atoms with Crippen molar-refractivity contribution >= 4 is 17.2 Å². The maximum atomic E-state index is 13.0. The predicted octanol–water partition coefficient (Wildman–Crippen LogP) is 5.56. The molecule has 0 N–H and O–H groups in total. The van der Waals surface area contributed by atoms with Crippen molar-refractivity contribution in [3.63, 3.8) is 0 Å². The van der Waals surface area contributed by atoms with Gasteiger partial charge < -0.3 is 0 Å². The minimum absolute atomic E-state index is 0.0387. The van der Waals surface area contributed by atoms with Crippen LogP contribution in [0.1, 0.15) is 50.5 Å². The molecule has 0 spiro atoms. The highest BCUT2D eigenvalue weighted by Gasteiger charge is 2.35. The molecule has 1 amide bonds. The van der Waals surface area contributed by atoms with E-state index in [1.165, 1.54) is 5.57 Å². The molecule has 0 atom stereocenters. The monoisotopic (exact) mass is 307 g/mol. The third kappa shape index (κ3) is 3.21. The minimum atomic E-state index is -0.342. The van der Waals surface area contributed by atoms with Crippen molar-refractivity contribution in [3.05, 3.63) is 71.8 Å². The van der Waals surface area contributed by atoms with Gasteiger partial charge in [0.2, 0.25) is 0 Å². The van der Waals surface area contributed by atoms with E-state index in [1.807, 2.05) is 67.3 Å². The van der Waals surface area contributed by atoms with Gasteiger partial charge in [-0.1, -0.05) is 56.3 Å². The fourth-order valence-electron chi connectivity index (χ4n) is 3.07. The Labute approximate surface area is 139 Å². The Morgan fingerprint density at radius 1 is 0.913 bits per heavy atom. The fourth-order valence-corrected chi connectivity index (χ4v) is 3.07. The van der Waals surface area contributed by atoms with Crippen molar-refractivity contribution in [3.8, 4) is 0 Å². The summed E-state index contributed by atoms with van der Waals surface area (Å²) < 4.78 is 0. The van der Waals surface area contributed by atoms with Gasteiger partial charge in [-0.3, -0.25) is 9.69 Å². The lowest BCUT2D eigenvalue weighted by atomic mass is 9.88. The number of fused-ring (bicyclic) bond motifs is 1. The summed E-state index contributed by atoms with van der Waals surface area (Å²) in [7, 11) is 0. The Morgan fingerprint density at radius 3 is 2.13 bits per heavy atom. The average molecular weight is 307 g/mol. The van der Waals surface area contributed by atoms with Crippen molar-refractivity contribution in [2.24, 2.45) is 0 Å². The number of para-hydroxylation sites is 1. The lowest BCUT2D eigenvalue weighted by molar-refractivity contribution is 0.0970. The molecule has 120 valence electrons. The molecule has 0 unspecified atom stereocenters. The van der Waals surface area contributed by atoms with Gasteiger partial charge >= 0.3 is 0 Å². The quantitative estimate of drug-likeness (QED) is 0.676. The topological polar surface area (TPSA) is 20.3 Å². The number of hydrogen-bond donors (Lipinski definition) is 0. The number of nitrogens with zero attached hydrogens (tertiary/aromatic N) is 1. The largest absolute Gasteiger partial charge is 0.299 e. The smallest absolute Gasteiger partial charge is 0.259 e. The molecule has 2 heteroatoms. The molecule has 2 nitrogen and oxygen atoms in total. The minimum Gasteiger partial charge on any atom is -0.299 e. The number of anilines is 1. The Kier molecular flexibility index (Phi) is 5.05. The predicted molar refractivity (Wildman–Crippen MR) is 98.8 cm³/mol. The summed E-state index contributed by atoms with van der Waals surface area (Å²) in [6.45, 7) is 10.3. The van der Waals surface area contributed by atoms with Crippen LogP contribution in [0.3, 0.4) is 0 Å². The van der Waals surface area contributed by atoms with Crippen LogP contribution >= 0.6 is 0 Å². The molecule has 0 radical (unpaired) electrons. The lowest BCUT2D eigenvalue weighted by Crippen LogP contribution is -2.48. The number of carbonyl (C=O) groups is 1. The number of rotatable bonds is 1. The van der Waals surface area contributed by atoms with Gasteiger partial charge in [0.15, 0.2) is 0 Å². The van der Waals surface area contributed by atoms with E-state index >= 15 is 0 Å².